The number of urea groups is 1. The first-order valence-corrected chi connectivity index (χ1v) is 7.13. The zero-order valence-corrected chi connectivity index (χ0v) is 13.3. The van der Waals surface area contributed by atoms with Crippen LogP contribution in [0.1, 0.15) is 11.1 Å². The molecule has 0 heterocycles. The molecule has 0 bridgehead atoms. The molecule has 7 heteroatoms. The van der Waals surface area contributed by atoms with E-state index >= 15 is 0 Å². The molecule has 2 rings (SSSR count). The van der Waals surface area contributed by atoms with E-state index in [0.717, 1.165) is 11.1 Å². The zero-order valence-electron chi connectivity index (χ0n) is 13.3. The molecule has 0 atom stereocenters. The molecule has 7 nitrogen and oxygen atoms in total. The molecule has 0 saturated carbocycles. The lowest BCUT2D eigenvalue weighted by Gasteiger charge is -2.09. The average molecular weight is 327 g/mol. The number of carbonyl (C=O) groups is 1. The molecule has 2 amide bonds. The summed E-state index contributed by atoms with van der Waals surface area (Å²) in [7, 11) is 1.42. The smallest absolute Gasteiger partial charge is 0.323 e. The summed E-state index contributed by atoms with van der Waals surface area (Å²) in [6, 6.07) is 11.2. The van der Waals surface area contributed by atoms with Gasteiger partial charge in [0.1, 0.15) is 5.75 Å². The van der Waals surface area contributed by atoms with Crippen LogP contribution in [0.25, 0.3) is 6.08 Å². The Bertz CT molecular complexity index is 770. The van der Waals surface area contributed by atoms with Crippen molar-refractivity contribution in [3.8, 4) is 5.75 Å². The molecule has 2 aromatic carbocycles. The highest BCUT2D eigenvalue weighted by Crippen LogP contribution is 2.28. The number of non-ortho nitro benzene ring substituents is 1. The van der Waals surface area contributed by atoms with Gasteiger partial charge in [-0.25, -0.2) is 4.79 Å². The molecule has 2 aromatic rings. The van der Waals surface area contributed by atoms with E-state index in [1.54, 1.807) is 6.08 Å². The van der Waals surface area contributed by atoms with E-state index in [0.29, 0.717) is 5.75 Å². The zero-order chi connectivity index (χ0) is 17.5. The Morgan fingerprint density at radius 3 is 2.54 bits per heavy atom. The summed E-state index contributed by atoms with van der Waals surface area (Å²) >= 11 is 0. The van der Waals surface area contributed by atoms with Crippen LogP contribution in [0.3, 0.4) is 0 Å². The first kappa shape index (κ1) is 17.0. The van der Waals surface area contributed by atoms with Crippen molar-refractivity contribution < 1.29 is 14.5 Å². The highest BCUT2D eigenvalue weighted by Gasteiger charge is 2.13. The van der Waals surface area contributed by atoms with Crippen LogP contribution in [0.2, 0.25) is 0 Å². The highest BCUT2D eigenvalue weighted by atomic mass is 16.6. The van der Waals surface area contributed by atoms with Gasteiger partial charge < -0.3 is 15.4 Å². The van der Waals surface area contributed by atoms with Crippen molar-refractivity contribution in [3.05, 3.63) is 69.9 Å². The van der Waals surface area contributed by atoms with Crippen LogP contribution in [0.15, 0.2) is 48.7 Å². The highest BCUT2D eigenvalue weighted by molar-refractivity contribution is 5.92. The van der Waals surface area contributed by atoms with Gasteiger partial charge in [-0.05, 0) is 24.6 Å². The molecular formula is C17H17N3O4. The Morgan fingerprint density at radius 1 is 1.21 bits per heavy atom. The van der Waals surface area contributed by atoms with Gasteiger partial charge in [0.25, 0.3) is 5.69 Å². The number of hydrogen-bond donors (Lipinski definition) is 2. The lowest BCUT2D eigenvalue weighted by molar-refractivity contribution is -0.384. The number of aryl methyl sites for hydroxylation is 1. The monoisotopic (exact) mass is 327 g/mol. The van der Waals surface area contributed by atoms with Crippen molar-refractivity contribution in [2.24, 2.45) is 0 Å². The third-order valence-electron chi connectivity index (χ3n) is 3.21. The quantitative estimate of drug-likeness (QED) is 0.646. The minimum Gasteiger partial charge on any atom is -0.495 e. The van der Waals surface area contributed by atoms with Gasteiger partial charge in [-0.3, -0.25) is 10.1 Å². The fourth-order valence-electron chi connectivity index (χ4n) is 1.96. The standard InChI is InChI=1S/C17H17N3O4/c1-12-3-5-13(6-4-12)9-10-18-17(21)19-15-11-14(20(22)23)7-8-16(15)24-2/h3-11H,1-2H3,(H2,18,19,21)/b10-9+. The number of methoxy groups -OCH3 is 1. The number of nitrogens with zero attached hydrogens (tertiary/aromatic N) is 1. The average Bonchev–Trinajstić information content (AvgIpc) is 2.56. The molecule has 0 aliphatic heterocycles. The molecule has 2 N–H and O–H groups in total. The first-order valence-electron chi connectivity index (χ1n) is 7.13. The van der Waals surface area contributed by atoms with Crippen LogP contribution >= 0.6 is 0 Å². The van der Waals surface area contributed by atoms with Gasteiger partial charge in [-0.15, -0.1) is 0 Å². The number of ether oxygens (including phenoxy) is 1. The van der Waals surface area contributed by atoms with E-state index in [-0.39, 0.29) is 11.4 Å². The normalized spacial score (nSPS) is 10.4. The van der Waals surface area contributed by atoms with Gasteiger partial charge in [0.05, 0.1) is 17.7 Å². The van der Waals surface area contributed by atoms with Gasteiger partial charge in [-0.1, -0.05) is 29.8 Å². The van der Waals surface area contributed by atoms with Crippen LogP contribution in [-0.2, 0) is 0 Å². The van der Waals surface area contributed by atoms with Gasteiger partial charge in [0.2, 0.25) is 0 Å². The second-order valence-electron chi connectivity index (χ2n) is 4.98. The summed E-state index contributed by atoms with van der Waals surface area (Å²) in [6.45, 7) is 1.99. The molecule has 124 valence electrons. The van der Waals surface area contributed by atoms with E-state index in [9.17, 15) is 14.9 Å². The van der Waals surface area contributed by atoms with Crippen molar-refractivity contribution in [3.63, 3.8) is 0 Å². The fourth-order valence-corrected chi connectivity index (χ4v) is 1.96. The maximum absolute atomic E-state index is 11.9. The van der Waals surface area contributed by atoms with Gasteiger partial charge in [0, 0.05) is 18.3 Å². The Labute approximate surface area is 139 Å². The number of nitro benzene ring substituents is 1. The van der Waals surface area contributed by atoms with Crippen LogP contribution in [0.4, 0.5) is 16.2 Å². The van der Waals surface area contributed by atoms with Crippen molar-refractivity contribution >= 4 is 23.5 Å². The Balaban J connectivity index is 2.02. The number of anilines is 1. The topological polar surface area (TPSA) is 93.5 Å². The largest absolute Gasteiger partial charge is 0.495 e. The Hall–Kier alpha value is -3.35. The van der Waals surface area contributed by atoms with Crippen molar-refractivity contribution in [2.75, 3.05) is 12.4 Å². The lowest BCUT2D eigenvalue weighted by Crippen LogP contribution is -2.24. The van der Waals surface area contributed by atoms with Crippen LogP contribution in [0, 0.1) is 17.0 Å². The van der Waals surface area contributed by atoms with Crippen LogP contribution < -0.4 is 15.4 Å². The van der Waals surface area contributed by atoms with Crippen LogP contribution in [0.5, 0.6) is 5.75 Å². The predicted octanol–water partition coefficient (Wildman–Crippen LogP) is 3.70. The summed E-state index contributed by atoms with van der Waals surface area (Å²) in [5.74, 6) is 0.332. The van der Waals surface area contributed by atoms with Crippen molar-refractivity contribution in [1.82, 2.24) is 5.32 Å². The Kier molecular flexibility index (Phi) is 5.51. The molecule has 0 saturated heterocycles. The van der Waals surface area contributed by atoms with E-state index < -0.39 is 11.0 Å². The number of amides is 2. The van der Waals surface area contributed by atoms with Crippen molar-refractivity contribution in [2.45, 2.75) is 6.92 Å². The molecule has 0 aliphatic carbocycles. The number of nitrogens with one attached hydrogen (secondary N) is 2. The number of carbonyl (C=O) groups excluding carboxylic acids is 1. The molecular weight excluding hydrogens is 310 g/mol. The minimum absolute atomic E-state index is 0.138. The van der Waals surface area contributed by atoms with E-state index in [1.165, 1.54) is 31.5 Å². The maximum atomic E-state index is 11.9. The molecule has 0 spiro atoms. The SMILES string of the molecule is COc1ccc([N+](=O)[O-])cc1NC(=O)N/C=C/c1ccc(C)cc1. The molecule has 0 radical (unpaired) electrons. The number of nitro groups is 1. The van der Waals surface area contributed by atoms with Gasteiger partial charge >= 0.3 is 6.03 Å². The van der Waals surface area contributed by atoms with Gasteiger partial charge in [0.15, 0.2) is 0 Å². The summed E-state index contributed by atoms with van der Waals surface area (Å²) in [4.78, 5) is 22.2. The summed E-state index contributed by atoms with van der Waals surface area (Å²) in [5.41, 5.74) is 2.17. The summed E-state index contributed by atoms with van der Waals surface area (Å²) in [6.07, 6.45) is 3.23. The predicted molar refractivity (Wildman–Crippen MR) is 92.0 cm³/mol. The molecule has 0 unspecified atom stereocenters. The third-order valence-corrected chi connectivity index (χ3v) is 3.21. The molecule has 0 aromatic heterocycles. The van der Waals surface area contributed by atoms with E-state index in [1.807, 2.05) is 31.2 Å². The first-order chi connectivity index (χ1) is 11.5. The fraction of sp³-hybridized carbons (Fsp3) is 0.118. The summed E-state index contributed by atoms with van der Waals surface area (Å²) in [5, 5.41) is 15.9. The summed E-state index contributed by atoms with van der Waals surface area (Å²) < 4.78 is 5.08. The molecule has 0 aliphatic rings. The second-order valence-corrected chi connectivity index (χ2v) is 4.98. The second kappa shape index (κ2) is 7.77. The Morgan fingerprint density at radius 2 is 1.92 bits per heavy atom. The van der Waals surface area contributed by atoms with Gasteiger partial charge in [-0.2, -0.15) is 0 Å². The van der Waals surface area contributed by atoms with E-state index in [2.05, 4.69) is 10.6 Å². The number of rotatable bonds is 5. The molecule has 0 fully saturated rings. The number of hydrogen-bond acceptors (Lipinski definition) is 4. The van der Waals surface area contributed by atoms with E-state index in [4.69, 9.17) is 4.74 Å². The van der Waals surface area contributed by atoms with Crippen molar-refractivity contribution in [1.29, 1.82) is 0 Å². The third kappa shape index (κ3) is 4.57. The number of benzene rings is 2. The maximum Gasteiger partial charge on any atom is 0.323 e. The lowest BCUT2D eigenvalue weighted by atomic mass is 10.1. The molecule has 24 heavy (non-hydrogen) atoms. The minimum atomic E-state index is -0.542. The van der Waals surface area contributed by atoms with Crippen LogP contribution in [-0.4, -0.2) is 18.1 Å².